The third-order valence-electron chi connectivity index (χ3n) is 5.04. The quantitative estimate of drug-likeness (QED) is 0.368. The van der Waals surface area contributed by atoms with Gasteiger partial charge in [-0.2, -0.15) is 13.2 Å². The Bertz CT molecular complexity index is 915. The highest BCUT2D eigenvalue weighted by atomic mass is 19.4. The summed E-state index contributed by atoms with van der Waals surface area (Å²) in [5, 5.41) is 10.9. The lowest BCUT2D eigenvalue weighted by molar-refractivity contribution is -0.145. The van der Waals surface area contributed by atoms with E-state index in [2.05, 4.69) is 0 Å². The molecule has 5 nitrogen and oxygen atoms in total. The molecule has 0 fully saturated rings. The van der Waals surface area contributed by atoms with Crippen LogP contribution in [0.3, 0.4) is 0 Å². The number of aryl methyl sites for hydroxylation is 1. The minimum atomic E-state index is -4.44. The third kappa shape index (κ3) is 8.05. The number of hydrogen-bond acceptors (Lipinski definition) is 5. The molecule has 2 aromatic rings. The van der Waals surface area contributed by atoms with Gasteiger partial charge < -0.3 is 19.3 Å². The van der Waals surface area contributed by atoms with Crippen LogP contribution in [0.4, 0.5) is 13.2 Å². The second kappa shape index (κ2) is 11.5. The molecule has 0 aliphatic rings. The minimum absolute atomic E-state index is 0.0155. The van der Waals surface area contributed by atoms with Crippen LogP contribution < -0.4 is 0 Å². The van der Waals surface area contributed by atoms with E-state index in [4.69, 9.17) is 14.2 Å². The van der Waals surface area contributed by atoms with Gasteiger partial charge in [0, 0.05) is 24.7 Å². The van der Waals surface area contributed by atoms with E-state index in [9.17, 15) is 23.1 Å². The number of methoxy groups -OCH3 is 1. The average Bonchev–Trinajstić information content (AvgIpc) is 2.74. The number of carbonyl (C=O) groups excluding carboxylic acids is 1. The average molecular weight is 469 g/mol. The zero-order valence-corrected chi connectivity index (χ0v) is 19.4. The van der Waals surface area contributed by atoms with E-state index in [1.807, 2.05) is 26.8 Å². The molecule has 0 bridgehead atoms. The largest absolute Gasteiger partial charge is 0.507 e. The van der Waals surface area contributed by atoms with Crippen molar-refractivity contribution in [1.29, 1.82) is 0 Å². The van der Waals surface area contributed by atoms with E-state index in [1.54, 1.807) is 13.2 Å². The second-order valence-electron chi connectivity index (χ2n) is 8.69. The number of alkyl halides is 3. The smallest absolute Gasteiger partial charge is 0.416 e. The molecule has 0 radical (unpaired) electrons. The van der Waals surface area contributed by atoms with Gasteiger partial charge in [-0.15, -0.1) is 0 Å². The normalized spacial score (nSPS) is 12.1. The van der Waals surface area contributed by atoms with Crippen molar-refractivity contribution in [2.24, 2.45) is 0 Å². The fourth-order valence-corrected chi connectivity index (χ4v) is 3.25. The topological polar surface area (TPSA) is 65.0 Å². The van der Waals surface area contributed by atoms with Crippen LogP contribution in [-0.2, 0) is 37.0 Å². The lowest BCUT2D eigenvalue weighted by Gasteiger charge is -2.23. The first-order chi connectivity index (χ1) is 15.4. The van der Waals surface area contributed by atoms with E-state index < -0.39 is 17.2 Å². The lowest BCUT2D eigenvalue weighted by atomic mass is 9.82. The molecule has 0 heterocycles. The fraction of sp³-hybridized carbons (Fsp3) is 0.480. The van der Waals surface area contributed by atoms with Crippen molar-refractivity contribution >= 4 is 5.97 Å². The summed E-state index contributed by atoms with van der Waals surface area (Å²) in [4.78, 5) is 12.1. The summed E-state index contributed by atoms with van der Waals surface area (Å²) < 4.78 is 54.0. The fourth-order valence-electron chi connectivity index (χ4n) is 3.25. The van der Waals surface area contributed by atoms with Crippen LogP contribution in [0.1, 0.15) is 43.9 Å². The molecule has 1 N–H and O–H groups in total. The van der Waals surface area contributed by atoms with Crippen LogP contribution in [0, 0.1) is 0 Å². The number of phenols is 1. The number of carbonyl (C=O) groups is 1. The van der Waals surface area contributed by atoms with Crippen molar-refractivity contribution in [1.82, 2.24) is 0 Å². The summed E-state index contributed by atoms with van der Waals surface area (Å²) >= 11 is 0. The number of esters is 1. The highest BCUT2D eigenvalue weighted by Gasteiger charge is 2.30. The first-order valence-corrected chi connectivity index (χ1v) is 10.7. The van der Waals surface area contributed by atoms with Gasteiger partial charge in [-0.1, -0.05) is 39.0 Å². The van der Waals surface area contributed by atoms with Crippen molar-refractivity contribution in [2.75, 3.05) is 33.5 Å². The van der Waals surface area contributed by atoms with Gasteiger partial charge in [-0.3, -0.25) is 4.79 Å². The molecule has 33 heavy (non-hydrogen) atoms. The van der Waals surface area contributed by atoms with Crippen molar-refractivity contribution in [3.05, 3.63) is 53.1 Å². The second-order valence-corrected chi connectivity index (χ2v) is 8.69. The summed E-state index contributed by atoms with van der Waals surface area (Å²) in [5.74, 6) is -0.367. The molecule has 0 saturated heterocycles. The molecule has 0 unspecified atom stereocenters. The molecular weight excluding hydrogens is 437 g/mol. The molecule has 182 valence electrons. The Morgan fingerprint density at radius 3 is 2.18 bits per heavy atom. The van der Waals surface area contributed by atoms with Crippen LogP contribution >= 0.6 is 0 Å². The molecular formula is C25H31F3O5. The highest BCUT2D eigenvalue weighted by molar-refractivity contribution is 5.74. The van der Waals surface area contributed by atoms with Crippen LogP contribution in [0.5, 0.6) is 5.75 Å². The summed E-state index contributed by atoms with van der Waals surface area (Å²) in [5.41, 5.74) is 1.14. The van der Waals surface area contributed by atoms with Gasteiger partial charge in [0.1, 0.15) is 12.4 Å². The molecule has 2 aromatic carbocycles. The Hall–Kier alpha value is -2.58. The predicted octanol–water partition coefficient (Wildman–Crippen LogP) is 5.51. The molecule has 0 saturated carbocycles. The van der Waals surface area contributed by atoms with E-state index in [0.717, 1.165) is 17.7 Å². The SMILES string of the molecule is COCCOCCOC(=O)CCc1cc(-c2ccc(C(F)(F)F)cc2)c(O)c(C(C)(C)C)c1. The zero-order chi connectivity index (χ0) is 24.6. The maximum atomic E-state index is 12.9. The maximum Gasteiger partial charge on any atom is 0.416 e. The third-order valence-corrected chi connectivity index (χ3v) is 5.04. The molecule has 8 heteroatoms. The summed E-state index contributed by atoms with van der Waals surface area (Å²) in [6.07, 6.45) is -3.95. The predicted molar refractivity (Wildman–Crippen MR) is 119 cm³/mol. The van der Waals surface area contributed by atoms with E-state index >= 15 is 0 Å². The number of aromatic hydroxyl groups is 1. The van der Waals surface area contributed by atoms with Gasteiger partial charge in [0.15, 0.2) is 0 Å². The van der Waals surface area contributed by atoms with Crippen LogP contribution in [-0.4, -0.2) is 44.6 Å². The highest BCUT2D eigenvalue weighted by Crippen LogP contribution is 2.40. The van der Waals surface area contributed by atoms with Gasteiger partial charge in [-0.25, -0.2) is 0 Å². The standard InChI is InChI=1S/C25H31F3O5/c1-24(2,3)21-16-17(5-10-22(29)33-14-13-32-12-11-31-4)15-20(23(21)30)18-6-8-19(9-7-18)25(26,27)28/h6-9,15-16,30H,5,10-14H2,1-4H3. The summed E-state index contributed by atoms with van der Waals surface area (Å²) in [7, 11) is 1.57. The van der Waals surface area contributed by atoms with Gasteiger partial charge >= 0.3 is 12.1 Å². The Balaban J connectivity index is 2.17. The number of halogens is 3. The number of phenolic OH excluding ortho intramolecular Hbond substituents is 1. The lowest BCUT2D eigenvalue weighted by Crippen LogP contribution is -2.14. The van der Waals surface area contributed by atoms with Crippen molar-refractivity contribution in [3.8, 4) is 16.9 Å². The molecule has 2 rings (SSSR count). The first kappa shape index (κ1) is 26.7. The summed E-state index contributed by atoms with van der Waals surface area (Å²) in [6.45, 7) is 7.10. The first-order valence-electron chi connectivity index (χ1n) is 10.7. The van der Waals surface area contributed by atoms with Crippen LogP contribution in [0.2, 0.25) is 0 Å². The van der Waals surface area contributed by atoms with E-state index in [0.29, 0.717) is 36.3 Å². The molecule has 0 aromatic heterocycles. The molecule has 0 aliphatic heterocycles. The number of ether oxygens (including phenoxy) is 3. The van der Waals surface area contributed by atoms with Gasteiger partial charge in [0.05, 0.1) is 25.4 Å². The monoisotopic (exact) mass is 468 g/mol. The number of hydrogen-bond donors (Lipinski definition) is 1. The van der Waals surface area contributed by atoms with Crippen molar-refractivity contribution in [3.63, 3.8) is 0 Å². The Labute approximate surface area is 192 Å². The molecule has 0 aliphatic carbocycles. The van der Waals surface area contributed by atoms with Gasteiger partial charge in [0.25, 0.3) is 0 Å². The minimum Gasteiger partial charge on any atom is -0.507 e. The van der Waals surface area contributed by atoms with E-state index in [1.165, 1.54) is 12.1 Å². The molecule has 0 atom stereocenters. The number of benzene rings is 2. The summed E-state index contributed by atoms with van der Waals surface area (Å²) in [6, 6.07) is 8.19. The van der Waals surface area contributed by atoms with E-state index in [-0.39, 0.29) is 31.4 Å². The van der Waals surface area contributed by atoms with Gasteiger partial charge in [0.2, 0.25) is 0 Å². The molecule has 0 amide bonds. The number of rotatable bonds is 10. The van der Waals surface area contributed by atoms with Gasteiger partial charge in [-0.05, 0) is 41.2 Å². The zero-order valence-electron chi connectivity index (χ0n) is 19.4. The Morgan fingerprint density at radius 2 is 1.61 bits per heavy atom. The van der Waals surface area contributed by atoms with Crippen molar-refractivity contribution in [2.45, 2.75) is 45.2 Å². The van der Waals surface area contributed by atoms with Crippen LogP contribution in [0.25, 0.3) is 11.1 Å². The van der Waals surface area contributed by atoms with Crippen LogP contribution in [0.15, 0.2) is 36.4 Å². The maximum absolute atomic E-state index is 12.9. The Kier molecular flexibility index (Phi) is 9.31. The molecule has 0 spiro atoms. The van der Waals surface area contributed by atoms with Crippen molar-refractivity contribution < 1.29 is 37.3 Å². The Morgan fingerprint density at radius 1 is 0.970 bits per heavy atom.